The van der Waals surface area contributed by atoms with Gasteiger partial charge in [-0.25, -0.2) is 4.79 Å². The van der Waals surface area contributed by atoms with Gasteiger partial charge < -0.3 is 5.32 Å². The van der Waals surface area contributed by atoms with Gasteiger partial charge in [0.2, 0.25) is 0 Å². The van der Waals surface area contributed by atoms with E-state index in [0.717, 1.165) is 12.8 Å². The van der Waals surface area contributed by atoms with Crippen LogP contribution in [-0.4, -0.2) is 52.2 Å². The van der Waals surface area contributed by atoms with Crippen molar-refractivity contribution in [3.05, 3.63) is 35.4 Å². The second-order valence-corrected chi connectivity index (χ2v) is 6.84. The largest absolute Gasteiger partial charge is 0.325 e. The highest BCUT2D eigenvalue weighted by Crippen LogP contribution is 2.35. The Morgan fingerprint density at radius 2 is 1.44 bits per heavy atom. The van der Waals surface area contributed by atoms with Crippen LogP contribution < -0.4 is 5.32 Å². The van der Waals surface area contributed by atoms with Gasteiger partial charge in [-0.1, -0.05) is 25.0 Å². The molecule has 1 saturated heterocycles. The van der Waals surface area contributed by atoms with E-state index in [1.165, 1.54) is 9.80 Å². The van der Waals surface area contributed by atoms with Gasteiger partial charge in [-0.05, 0) is 31.4 Å². The fourth-order valence-corrected chi connectivity index (χ4v) is 4.03. The number of hydrogen-bond donors (Lipinski definition) is 1. The zero-order valence-corrected chi connectivity index (χ0v) is 13.8. The number of urea groups is 1. The molecule has 1 saturated carbocycles. The van der Waals surface area contributed by atoms with Gasteiger partial charge in [0.25, 0.3) is 17.7 Å². The highest BCUT2D eigenvalue weighted by Gasteiger charge is 2.52. The van der Waals surface area contributed by atoms with Gasteiger partial charge in [-0.3, -0.25) is 24.2 Å². The molecule has 2 fully saturated rings. The fourth-order valence-electron chi connectivity index (χ4n) is 4.03. The summed E-state index contributed by atoms with van der Waals surface area (Å²) in [5.41, 5.74) is 0.104. The van der Waals surface area contributed by atoms with E-state index in [4.69, 9.17) is 0 Å². The Balaban J connectivity index is 1.39. The first-order valence-corrected chi connectivity index (χ1v) is 8.63. The molecule has 1 N–H and O–H groups in total. The molecule has 0 radical (unpaired) electrons. The fraction of sp³-hybridized carbons (Fsp3) is 0.444. The molecule has 1 aromatic rings. The Morgan fingerprint density at radius 1 is 0.880 bits per heavy atom. The maximum atomic E-state index is 12.6. The van der Waals surface area contributed by atoms with E-state index < -0.39 is 5.54 Å². The number of rotatable bonds is 4. The average Bonchev–Trinajstić information content (AvgIpc) is 3.24. The van der Waals surface area contributed by atoms with Crippen LogP contribution in [0.4, 0.5) is 4.79 Å². The summed E-state index contributed by atoms with van der Waals surface area (Å²) in [6.45, 7) is 0.399. The van der Waals surface area contributed by atoms with Gasteiger partial charge in [0.05, 0.1) is 11.1 Å². The van der Waals surface area contributed by atoms with Gasteiger partial charge >= 0.3 is 6.03 Å². The van der Waals surface area contributed by atoms with E-state index in [9.17, 15) is 19.2 Å². The third-order valence-electron chi connectivity index (χ3n) is 5.34. The average molecular weight is 341 g/mol. The van der Waals surface area contributed by atoms with Crippen LogP contribution in [0.2, 0.25) is 0 Å². The van der Waals surface area contributed by atoms with E-state index in [-0.39, 0.29) is 36.8 Å². The molecule has 7 nitrogen and oxygen atoms in total. The molecule has 0 aromatic heterocycles. The van der Waals surface area contributed by atoms with Crippen LogP contribution in [0.15, 0.2) is 24.3 Å². The van der Waals surface area contributed by atoms with E-state index in [1.54, 1.807) is 24.3 Å². The van der Waals surface area contributed by atoms with Gasteiger partial charge in [0, 0.05) is 13.1 Å². The van der Waals surface area contributed by atoms with Crippen LogP contribution in [0.3, 0.4) is 0 Å². The molecular weight excluding hydrogens is 322 g/mol. The number of amides is 5. The summed E-state index contributed by atoms with van der Waals surface area (Å²) in [5, 5.41) is 2.83. The van der Waals surface area contributed by atoms with Crippen LogP contribution in [0, 0.1) is 0 Å². The minimum atomic E-state index is -0.716. The summed E-state index contributed by atoms with van der Waals surface area (Å²) >= 11 is 0. The highest BCUT2D eigenvalue weighted by atomic mass is 16.2. The molecule has 0 bridgehead atoms. The molecule has 5 amide bonds. The molecule has 1 aliphatic carbocycles. The summed E-state index contributed by atoms with van der Waals surface area (Å²) in [4.78, 5) is 51.7. The Kier molecular flexibility index (Phi) is 3.59. The topological polar surface area (TPSA) is 86.8 Å². The molecule has 2 aliphatic heterocycles. The maximum absolute atomic E-state index is 12.6. The number of hydrogen-bond acceptors (Lipinski definition) is 4. The predicted molar refractivity (Wildman–Crippen MR) is 87.9 cm³/mol. The van der Waals surface area contributed by atoms with Crippen molar-refractivity contribution in [1.29, 1.82) is 0 Å². The van der Waals surface area contributed by atoms with Crippen LogP contribution >= 0.6 is 0 Å². The van der Waals surface area contributed by atoms with Crippen molar-refractivity contribution in [1.82, 2.24) is 15.1 Å². The summed E-state index contributed by atoms with van der Waals surface area (Å²) in [6.07, 6.45) is 3.63. The standard InChI is InChI=1S/C18H19N3O4/c22-14-12-6-1-2-7-13(12)15(23)20(14)10-5-11-21-16(24)18(19-17(21)25)8-3-4-9-18/h1-2,6-7H,3-5,8-11H2,(H,19,25). The number of benzene rings is 1. The van der Waals surface area contributed by atoms with Crippen LogP contribution in [0.5, 0.6) is 0 Å². The van der Waals surface area contributed by atoms with Crippen molar-refractivity contribution in [2.24, 2.45) is 0 Å². The lowest BCUT2D eigenvalue weighted by molar-refractivity contribution is -0.131. The van der Waals surface area contributed by atoms with E-state index in [2.05, 4.69) is 5.32 Å². The normalized spacial score (nSPS) is 21.4. The van der Waals surface area contributed by atoms with Crippen molar-refractivity contribution < 1.29 is 19.2 Å². The van der Waals surface area contributed by atoms with Crippen LogP contribution in [0.1, 0.15) is 52.8 Å². The van der Waals surface area contributed by atoms with Crippen molar-refractivity contribution in [2.75, 3.05) is 13.1 Å². The van der Waals surface area contributed by atoms with Crippen molar-refractivity contribution in [2.45, 2.75) is 37.6 Å². The molecule has 3 aliphatic rings. The van der Waals surface area contributed by atoms with Crippen molar-refractivity contribution >= 4 is 23.8 Å². The molecule has 0 unspecified atom stereocenters. The maximum Gasteiger partial charge on any atom is 0.325 e. The third kappa shape index (κ3) is 2.33. The predicted octanol–water partition coefficient (Wildman–Crippen LogP) is 1.54. The molecule has 4 rings (SSSR count). The second kappa shape index (κ2) is 5.68. The molecule has 1 spiro atoms. The van der Waals surface area contributed by atoms with Crippen LogP contribution in [0.25, 0.3) is 0 Å². The number of nitrogens with zero attached hydrogens (tertiary/aromatic N) is 2. The number of imide groups is 2. The molecule has 1 aromatic carbocycles. The molecular formula is C18H19N3O4. The van der Waals surface area contributed by atoms with Crippen LogP contribution in [-0.2, 0) is 4.79 Å². The first-order chi connectivity index (χ1) is 12.0. The summed E-state index contributed by atoms with van der Waals surface area (Å²) in [6, 6.07) is 6.35. The summed E-state index contributed by atoms with van der Waals surface area (Å²) < 4.78 is 0. The van der Waals surface area contributed by atoms with E-state index in [0.29, 0.717) is 30.4 Å². The van der Waals surface area contributed by atoms with E-state index >= 15 is 0 Å². The Morgan fingerprint density at radius 3 is 2.04 bits per heavy atom. The lowest BCUT2D eigenvalue weighted by atomic mass is 9.98. The second-order valence-electron chi connectivity index (χ2n) is 6.84. The number of carbonyl (C=O) groups excluding carboxylic acids is 4. The number of fused-ring (bicyclic) bond motifs is 1. The first-order valence-electron chi connectivity index (χ1n) is 8.63. The highest BCUT2D eigenvalue weighted by molar-refractivity contribution is 6.21. The zero-order chi connectivity index (χ0) is 17.6. The van der Waals surface area contributed by atoms with Gasteiger partial charge in [0.1, 0.15) is 5.54 Å². The third-order valence-corrected chi connectivity index (χ3v) is 5.34. The molecule has 130 valence electrons. The molecule has 7 heteroatoms. The monoisotopic (exact) mass is 341 g/mol. The molecule has 0 atom stereocenters. The first kappa shape index (κ1) is 15.8. The molecule has 25 heavy (non-hydrogen) atoms. The lowest BCUT2D eigenvalue weighted by Crippen LogP contribution is -2.44. The number of carbonyl (C=O) groups is 4. The lowest BCUT2D eigenvalue weighted by Gasteiger charge is -2.20. The number of nitrogens with one attached hydrogen (secondary N) is 1. The minimum Gasteiger partial charge on any atom is -0.323 e. The SMILES string of the molecule is O=C1NC2(CCCC2)C(=O)N1CCCN1C(=O)c2ccccc2C1=O. The van der Waals surface area contributed by atoms with Crippen molar-refractivity contribution in [3.63, 3.8) is 0 Å². The van der Waals surface area contributed by atoms with Gasteiger partial charge in [-0.15, -0.1) is 0 Å². The Labute approximate surface area is 145 Å². The quantitative estimate of drug-likeness (QED) is 0.665. The Hall–Kier alpha value is -2.70. The summed E-state index contributed by atoms with van der Waals surface area (Å²) in [7, 11) is 0. The summed E-state index contributed by atoms with van der Waals surface area (Å²) in [5.74, 6) is -0.799. The molecule has 2 heterocycles. The Bertz CT molecular complexity index is 747. The minimum absolute atomic E-state index is 0.169. The zero-order valence-electron chi connectivity index (χ0n) is 13.8. The van der Waals surface area contributed by atoms with Gasteiger partial charge in [0.15, 0.2) is 0 Å². The smallest absolute Gasteiger partial charge is 0.323 e. The van der Waals surface area contributed by atoms with Crippen molar-refractivity contribution in [3.8, 4) is 0 Å². The van der Waals surface area contributed by atoms with E-state index in [1.807, 2.05) is 0 Å². The van der Waals surface area contributed by atoms with Gasteiger partial charge in [-0.2, -0.15) is 0 Å².